The molecule has 0 saturated heterocycles. The van der Waals surface area contributed by atoms with Crippen molar-refractivity contribution < 1.29 is 4.79 Å². The maximum atomic E-state index is 12.2. The number of hydrogen-bond acceptors (Lipinski definition) is 2. The molecule has 1 aliphatic carbocycles. The second-order valence-corrected chi connectivity index (χ2v) is 8.95. The summed E-state index contributed by atoms with van der Waals surface area (Å²) in [5, 5.41) is 3.01. The Hall–Kier alpha value is -1.66. The van der Waals surface area contributed by atoms with Crippen LogP contribution in [0.25, 0.3) is 16.9 Å². The molecule has 3 aromatic rings. The van der Waals surface area contributed by atoms with E-state index in [1.165, 1.54) is 25.7 Å². The maximum Gasteiger partial charge on any atom is 0.224 e. The highest BCUT2D eigenvalue weighted by Crippen LogP contribution is 2.29. The number of carbonyl (C=O) groups excluding carboxylic acids is 1. The number of halogens is 2. The third kappa shape index (κ3) is 4.43. The monoisotopic (exact) mass is 489 g/mol. The van der Waals surface area contributed by atoms with Gasteiger partial charge >= 0.3 is 0 Å². The molecule has 0 aliphatic heterocycles. The van der Waals surface area contributed by atoms with Crippen LogP contribution in [0.4, 0.5) is 5.69 Å². The molecular formula is C21H21Br2N3O. The number of nitrogens with one attached hydrogen (secondary N) is 1. The van der Waals surface area contributed by atoms with Gasteiger partial charge in [0, 0.05) is 34.5 Å². The molecule has 2 aromatic heterocycles. The van der Waals surface area contributed by atoms with Crippen molar-refractivity contribution in [2.75, 3.05) is 5.32 Å². The van der Waals surface area contributed by atoms with Crippen molar-refractivity contribution in [1.82, 2.24) is 9.38 Å². The number of aromatic nitrogens is 2. The summed E-state index contributed by atoms with van der Waals surface area (Å²) in [5.41, 5.74) is 3.62. The third-order valence-electron chi connectivity index (χ3n) is 5.19. The fourth-order valence-corrected chi connectivity index (χ4v) is 5.04. The van der Waals surface area contributed by atoms with Crippen LogP contribution in [-0.4, -0.2) is 15.3 Å². The van der Waals surface area contributed by atoms with Crippen LogP contribution >= 0.6 is 31.9 Å². The van der Waals surface area contributed by atoms with Crippen LogP contribution in [0.1, 0.15) is 38.5 Å². The molecule has 0 spiro atoms. The molecular weight excluding hydrogens is 470 g/mol. The first-order chi connectivity index (χ1) is 13.1. The third-order valence-corrected chi connectivity index (χ3v) is 6.21. The first-order valence-corrected chi connectivity index (χ1v) is 10.9. The zero-order valence-corrected chi connectivity index (χ0v) is 18.1. The lowest BCUT2D eigenvalue weighted by Crippen LogP contribution is -2.12. The minimum Gasteiger partial charge on any atom is -0.326 e. The lowest BCUT2D eigenvalue weighted by Gasteiger charge is -2.09. The molecule has 1 amide bonds. The van der Waals surface area contributed by atoms with Crippen molar-refractivity contribution in [1.29, 1.82) is 0 Å². The number of pyridine rings is 1. The summed E-state index contributed by atoms with van der Waals surface area (Å²) in [6.07, 6.45) is 10.8. The molecule has 1 N–H and O–H groups in total. The number of benzene rings is 1. The van der Waals surface area contributed by atoms with Gasteiger partial charge in [-0.15, -0.1) is 0 Å². The van der Waals surface area contributed by atoms with Crippen molar-refractivity contribution in [2.45, 2.75) is 38.5 Å². The van der Waals surface area contributed by atoms with E-state index in [4.69, 9.17) is 4.98 Å². The molecule has 2 heterocycles. The minimum atomic E-state index is 0.108. The quantitative estimate of drug-likeness (QED) is 0.447. The van der Waals surface area contributed by atoms with Crippen molar-refractivity contribution >= 4 is 49.1 Å². The van der Waals surface area contributed by atoms with Gasteiger partial charge in [-0.3, -0.25) is 4.79 Å². The lowest BCUT2D eigenvalue weighted by molar-refractivity contribution is -0.116. The maximum absolute atomic E-state index is 12.2. The molecule has 0 bridgehead atoms. The molecule has 1 aromatic carbocycles. The van der Waals surface area contributed by atoms with E-state index in [1.807, 2.05) is 47.1 Å². The van der Waals surface area contributed by atoms with E-state index in [1.54, 1.807) is 0 Å². The predicted molar refractivity (Wildman–Crippen MR) is 116 cm³/mol. The predicted octanol–water partition coefficient (Wildman–Crippen LogP) is 6.44. The summed E-state index contributed by atoms with van der Waals surface area (Å²) in [6.45, 7) is 0. The molecule has 4 nitrogen and oxygen atoms in total. The summed E-state index contributed by atoms with van der Waals surface area (Å²) in [6, 6.07) is 9.86. The Kier molecular flexibility index (Phi) is 5.64. The molecule has 1 aliphatic rings. The van der Waals surface area contributed by atoms with E-state index in [2.05, 4.69) is 37.2 Å². The van der Waals surface area contributed by atoms with Gasteiger partial charge in [-0.25, -0.2) is 4.98 Å². The Balaban J connectivity index is 1.42. The summed E-state index contributed by atoms with van der Waals surface area (Å²) >= 11 is 7.05. The highest BCUT2D eigenvalue weighted by Gasteiger charge is 2.16. The molecule has 6 heteroatoms. The van der Waals surface area contributed by atoms with E-state index in [9.17, 15) is 4.79 Å². The number of hydrogen-bond donors (Lipinski definition) is 1. The van der Waals surface area contributed by atoms with Gasteiger partial charge in [0.05, 0.1) is 10.2 Å². The first-order valence-electron chi connectivity index (χ1n) is 9.32. The van der Waals surface area contributed by atoms with Crippen molar-refractivity contribution in [3.05, 3.63) is 51.7 Å². The van der Waals surface area contributed by atoms with Crippen LogP contribution in [0.3, 0.4) is 0 Å². The van der Waals surface area contributed by atoms with Crippen molar-refractivity contribution in [3.63, 3.8) is 0 Å². The molecule has 27 heavy (non-hydrogen) atoms. The second kappa shape index (κ2) is 8.15. The Labute approximate surface area is 175 Å². The van der Waals surface area contributed by atoms with E-state index in [-0.39, 0.29) is 5.91 Å². The summed E-state index contributed by atoms with van der Waals surface area (Å²) in [5.74, 6) is 0.851. The van der Waals surface area contributed by atoms with Crippen molar-refractivity contribution in [3.8, 4) is 11.3 Å². The highest BCUT2D eigenvalue weighted by molar-refractivity contribution is 9.11. The van der Waals surface area contributed by atoms with E-state index < -0.39 is 0 Å². The highest BCUT2D eigenvalue weighted by atomic mass is 79.9. The average Bonchev–Trinajstić information content (AvgIpc) is 3.30. The van der Waals surface area contributed by atoms with Crippen LogP contribution in [0.5, 0.6) is 0 Å². The topological polar surface area (TPSA) is 46.4 Å². The van der Waals surface area contributed by atoms with Crippen LogP contribution in [0.15, 0.2) is 51.7 Å². The van der Waals surface area contributed by atoms with Gasteiger partial charge in [-0.1, -0.05) is 37.8 Å². The van der Waals surface area contributed by atoms with Gasteiger partial charge in [0.25, 0.3) is 0 Å². The Bertz CT molecular complexity index is 959. The van der Waals surface area contributed by atoms with Crippen LogP contribution in [-0.2, 0) is 4.79 Å². The SMILES string of the molecule is O=C(CCC1CCCC1)Nc1ccc(-c2cn3cc(Br)cc(Br)c3n2)cc1. The molecule has 1 saturated carbocycles. The van der Waals surface area contributed by atoms with E-state index in [0.29, 0.717) is 6.42 Å². The molecule has 0 unspecified atom stereocenters. The second-order valence-electron chi connectivity index (χ2n) is 7.18. The van der Waals surface area contributed by atoms with Crippen LogP contribution in [0.2, 0.25) is 0 Å². The smallest absolute Gasteiger partial charge is 0.224 e. The molecule has 140 valence electrons. The number of anilines is 1. The van der Waals surface area contributed by atoms with E-state index >= 15 is 0 Å². The molecule has 4 rings (SSSR count). The first kappa shape index (κ1) is 18.7. The van der Waals surface area contributed by atoms with Crippen molar-refractivity contribution in [2.24, 2.45) is 5.92 Å². The summed E-state index contributed by atoms with van der Waals surface area (Å²) in [4.78, 5) is 16.9. The molecule has 0 radical (unpaired) electrons. The van der Waals surface area contributed by atoms with Gasteiger partial charge < -0.3 is 9.72 Å². The number of imidazole rings is 1. The van der Waals surface area contributed by atoms with Gasteiger partial charge in [0.15, 0.2) is 5.65 Å². The Morgan fingerprint density at radius 1 is 1.15 bits per heavy atom. The number of amides is 1. The van der Waals surface area contributed by atoms with Gasteiger partial charge in [0.2, 0.25) is 5.91 Å². The Morgan fingerprint density at radius 2 is 1.89 bits per heavy atom. The van der Waals surface area contributed by atoms with Gasteiger partial charge in [0.1, 0.15) is 0 Å². The van der Waals surface area contributed by atoms with E-state index in [0.717, 1.165) is 43.9 Å². The summed E-state index contributed by atoms with van der Waals surface area (Å²) in [7, 11) is 0. The number of rotatable bonds is 5. The largest absolute Gasteiger partial charge is 0.326 e. The van der Waals surface area contributed by atoms with Gasteiger partial charge in [-0.2, -0.15) is 0 Å². The average molecular weight is 491 g/mol. The zero-order valence-electron chi connectivity index (χ0n) is 14.9. The Morgan fingerprint density at radius 3 is 2.63 bits per heavy atom. The normalized spacial score (nSPS) is 14.7. The standard InChI is InChI=1S/C21H21Br2N3O/c22-16-11-18(23)21-25-19(13-26(21)12-16)15-6-8-17(9-7-15)24-20(27)10-5-14-3-1-2-4-14/h6-9,11-14H,1-5,10H2,(H,24,27). The summed E-state index contributed by atoms with van der Waals surface area (Å²) < 4.78 is 3.91. The van der Waals surface area contributed by atoms with Crippen LogP contribution < -0.4 is 5.32 Å². The fourth-order valence-electron chi connectivity index (χ4n) is 3.75. The number of nitrogens with zero attached hydrogens (tertiary/aromatic N) is 2. The lowest BCUT2D eigenvalue weighted by atomic mass is 10.0. The molecule has 1 fully saturated rings. The minimum absolute atomic E-state index is 0.108. The number of fused-ring (bicyclic) bond motifs is 1. The zero-order chi connectivity index (χ0) is 18.8. The number of carbonyl (C=O) groups is 1. The van der Waals surface area contributed by atoms with Gasteiger partial charge in [-0.05, 0) is 62.4 Å². The fraction of sp³-hybridized carbons (Fsp3) is 0.333. The molecule has 0 atom stereocenters. The van der Waals surface area contributed by atoms with Crippen LogP contribution in [0, 0.1) is 5.92 Å².